The molecule has 182 valence electrons. The zero-order valence-corrected chi connectivity index (χ0v) is 20.2. The first-order valence-electron chi connectivity index (χ1n) is 11.7. The number of β-amino-alcohol motifs (C(OH)–C–C–N with tert-alkyl or cyclic N) is 1. The van der Waals surface area contributed by atoms with Crippen molar-refractivity contribution in [2.45, 2.75) is 90.2 Å². The monoisotopic (exact) mass is 461 g/mol. The van der Waals surface area contributed by atoms with E-state index in [-0.39, 0.29) is 31.7 Å². The van der Waals surface area contributed by atoms with E-state index in [1.165, 1.54) is 4.90 Å². The molecule has 3 N–H and O–H groups in total. The van der Waals surface area contributed by atoms with Crippen molar-refractivity contribution in [3.63, 3.8) is 0 Å². The molecule has 1 heterocycles. The molecule has 0 radical (unpaired) electrons. The van der Waals surface area contributed by atoms with Crippen LogP contribution in [0.1, 0.15) is 70.9 Å². The predicted octanol–water partition coefficient (Wildman–Crippen LogP) is 2.42. The molecule has 3 amide bonds. The second kappa shape index (κ2) is 9.41. The molecule has 3 rings (SSSR count). The average Bonchev–Trinajstić information content (AvgIpc) is 3.37. The molecule has 1 aromatic carbocycles. The van der Waals surface area contributed by atoms with Crippen molar-refractivity contribution in [3.8, 4) is 0 Å². The standard InChI is InChI=1S/C25H36FN3O4/c1-15(2)18-9-7-6-8-16(18)13-27-21(31)19-12-17(30)14-29(19)22(32)20(24(3,4)5)28-23(33)25(26)10-11-25/h6-9,15,17,19-20,30H,10-14H2,1-5H3,(H,27,31)(H,28,33). The highest BCUT2D eigenvalue weighted by atomic mass is 19.1. The number of hydrogen-bond acceptors (Lipinski definition) is 4. The number of amides is 3. The Morgan fingerprint density at radius 1 is 1.21 bits per heavy atom. The van der Waals surface area contributed by atoms with Crippen molar-refractivity contribution >= 4 is 17.7 Å². The highest BCUT2D eigenvalue weighted by Crippen LogP contribution is 2.40. The number of likely N-dealkylation sites (tertiary alicyclic amines) is 1. The van der Waals surface area contributed by atoms with Gasteiger partial charge in [-0.1, -0.05) is 58.9 Å². The molecule has 7 nitrogen and oxygen atoms in total. The Kier molecular flexibility index (Phi) is 7.17. The van der Waals surface area contributed by atoms with Crippen molar-refractivity contribution in [1.82, 2.24) is 15.5 Å². The average molecular weight is 462 g/mol. The summed E-state index contributed by atoms with van der Waals surface area (Å²) in [4.78, 5) is 40.2. The van der Waals surface area contributed by atoms with Crippen LogP contribution in [0.15, 0.2) is 24.3 Å². The number of hydrogen-bond donors (Lipinski definition) is 3. The molecule has 0 bridgehead atoms. The van der Waals surface area contributed by atoms with Gasteiger partial charge in [0.05, 0.1) is 6.10 Å². The molecule has 1 saturated carbocycles. The fraction of sp³-hybridized carbons (Fsp3) is 0.640. The van der Waals surface area contributed by atoms with Crippen LogP contribution in [0.2, 0.25) is 0 Å². The van der Waals surface area contributed by atoms with Crippen LogP contribution in [0.3, 0.4) is 0 Å². The fourth-order valence-electron chi connectivity index (χ4n) is 4.28. The van der Waals surface area contributed by atoms with Gasteiger partial charge in [-0.25, -0.2) is 4.39 Å². The molecule has 33 heavy (non-hydrogen) atoms. The minimum Gasteiger partial charge on any atom is -0.391 e. The smallest absolute Gasteiger partial charge is 0.258 e. The first-order valence-corrected chi connectivity index (χ1v) is 11.7. The van der Waals surface area contributed by atoms with Gasteiger partial charge >= 0.3 is 0 Å². The van der Waals surface area contributed by atoms with Gasteiger partial charge in [0, 0.05) is 19.5 Å². The predicted molar refractivity (Wildman–Crippen MR) is 123 cm³/mol. The Morgan fingerprint density at radius 2 is 1.85 bits per heavy atom. The van der Waals surface area contributed by atoms with Crippen LogP contribution in [0.5, 0.6) is 0 Å². The summed E-state index contributed by atoms with van der Waals surface area (Å²) in [6, 6.07) is 5.98. The van der Waals surface area contributed by atoms with Gasteiger partial charge in [0.2, 0.25) is 11.8 Å². The minimum absolute atomic E-state index is 0.0112. The molecule has 8 heteroatoms. The highest BCUT2D eigenvalue weighted by Gasteiger charge is 2.53. The van der Waals surface area contributed by atoms with E-state index < -0.39 is 41.1 Å². The lowest BCUT2D eigenvalue weighted by molar-refractivity contribution is -0.145. The molecule has 0 spiro atoms. The van der Waals surface area contributed by atoms with Crippen molar-refractivity contribution in [1.29, 1.82) is 0 Å². The van der Waals surface area contributed by atoms with E-state index in [9.17, 15) is 23.9 Å². The summed E-state index contributed by atoms with van der Waals surface area (Å²) in [5.41, 5.74) is -0.486. The lowest BCUT2D eigenvalue weighted by atomic mass is 9.85. The van der Waals surface area contributed by atoms with E-state index in [0.29, 0.717) is 12.5 Å². The summed E-state index contributed by atoms with van der Waals surface area (Å²) in [5, 5.41) is 15.7. The van der Waals surface area contributed by atoms with Crippen molar-refractivity contribution in [3.05, 3.63) is 35.4 Å². The van der Waals surface area contributed by atoms with Crippen molar-refractivity contribution < 1.29 is 23.9 Å². The number of aliphatic hydroxyl groups is 1. The first-order chi connectivity index (χ1) is 15.3. The zero-order chi connectivity index (χ0) is 24.6. The maximum atomic E-state index is 14.3. The Bertz CT molecular complexity index is 907. The van der Waals surface area contributed by atoms with Crippen molar-refractivity contribution in [2.75, 3.05) is 6.54 Å². The van der Waals surface area contributed by atoms with Gasteiger partial charge in [-0.3, -0.25) is 14.4 Å². The van der Waals surface area contributed by atoms with E-state index in [1.54, 1.807) is 20.8 Å². The molecule has 1 aliphatic carbocycles. The summed E-state index contributed by atoms with van der Waals surface area (Å²) in [6.07, 6.45) is -0.439. The third kappa shape index (κ3) is 5.72. The van der Waals surface area contributed by atoms with E-state index in [0.717, 1.165) is 11.1 Å². The third-order valence-corrected chi connectivity index (χ3v) is 6.48. The molecule has 2 fully saturated rings. The largest absolute Gasteiger partial charge is 0.391 e. The highest BCUT2D eigenvalue weighted by molar-refractivity contribution is 5.95. The van der Waals surface area contributed by atoms with Gasteiger partial charge in [-0.2, -0.15) is 0 Å². The number of aliphatic hydroxyl groups excluding tert-OH is 1. The maximum absolute atomic E-state index is 14.3. The van der Waals surface area contributed by atoms with Crippen LogP contribution in [0, 0.1) is 5.41 Å². The van der Waals surface area contributed by atoms with E-state index in [4.69, 9.17) is 0 Å². The summed E-state index contributed by atoms with van der Waals surface area (Å²) in [5.74, 6) is -1.34. The van der Waals surface area contributed by atoms with Gasteiger partial charge in [-0.15, -0.1) is 0 Å². The molecule has 2 aliphatic rings. The molecule has 1 aliphatic heterocycles. The summed E-state index contributed by atoms with van der Waals surface area (Å²) in [6.45, 7) is 9.79. The van der Waals surface area contributed by atoms with Crippen LogP contribution < -0.4 is 10.6 Å². The van der Waals surface area contributed by atoms with E-state index in [2.05, 4.69) is 24.5 Å². The maximum Gasteiger partial charge on any atom is 0.258 e. The van der Waals surface area contributed by atoms with E-state index in [1.807, 2.05) is 24.3 Å². The van der Waals surface area contributed by atoms with Gasteiger partial charge in [0.25, 0.3) is 5.91 Å². The van der Waals surface area contributed by atoms with E-state index >= 15 is 0 Å². The molecule has 3 atom stereocenters. The quantitative estimate of drug-likeness (QED) is 0.581. The third-order valence-electron chi connectivity index (χ3n) is 6.48. The molecular weight excluding hydrogens is 425 g/mol. The second-order valence-electron chi connectivity index (χ2n) is 10.7. The number of halogens is 1. The SMILES string of the molecule is CC(C)c1ccccc1CNC(=O)C1CC(O)CN1C(=O)C(NC(=O)C1(F)CC1)C(C)(C)C. The van der Waals surface area contributed by atoms with Gasteiger partial charge in [0.1, 0.15) is 12.1 Å². The van der Waals surface area contributed by atoms with Gasteiger partial charge in [-0.05, 0) is 35.3 Å². The van der Waals surface area contributed by atoms with Gasteiger partial charge in [0.15, 0.2) is 5.67 Å². The van der Waals surface area contributed by atoms with Gasteiger partial charge < -0.3 is 20.6 Å². The number of rotatable bonds is 7. The number of benzene rings is 1. The lowest BCUT2D eigenvalue weighted by Gasteiger charge is -2.35. The number of carbonyl (C=O) groups is 3. The molecule has 1 saturated heterocycles. The fourth-order valence-corrected chi connectivity index (χ4v) is 4.28. The lowest BCUT2D eigenvalue weighted by Crippen LogP contribution is -2.59. The van der Waals surface area contributed by atoms with Crippen LogP contribution in [0.25, 0.3) is 0 Å². The molecule has 3 unspecified atom stereocenters. The number of alkyl halides is 1. The summed E-state index contributed by atoms with van der Waals surface area (Å²) in [7, 11) is 0. The van der Waals surface area contributed by atoms with Crippen LogP contribution in [0.4, 0.5) is 4.39 Å². The van der Waals surface area contributed by atoms with Crippen molar-refractivity contribution in [2.24, 2.45) is 5.41 Å². The van der Waals surface area contributed by atoms with Crippen LogP contribution >= 0.6 is 0 Å². The number of carbonyl (C=O) groups excluding carboxylic acids is 3. The topological polar surface area (TPSA) is 98.7 Å². The number of nitrogens with one attached hydrogen (secondary N) is 2. The Hall–Kier alpha value is -2.48. The number of nitrogens with zero attached hydrogens (tertiary/aromatic N) is 1. The molecular formula is C25H36FN3O4. The summed E-state index contributed by atoms with van der Waals surface area (Å²) >= 11 is 0. The first kappa shape index (κ1) is 25.1. The van der Waals surface area contributed by atoms with Crippen LogP contribution in [-0.4, -0.2) is 58.1 Å². The summed E-state index contributed by atoms with van der Waals surface area (Å²) < 4.78 is 14.3. The zero-order valence-electron chi connectivity index (χ0n) is 20.2. The van der Waals surface area contributed by atoms with Crippen LogP contribution in [-0.2, 0) is 20.9 Å². The Balaban J connectivity index is 1.73. The molecule has 1 aromatic rings. The Labute approximate surface area is 195 Å². The minimum atomic E-state index is -1.91. The second-order valence-corrected chi connectivity index (χ2v) is 10.7. The molecule has 0 aromatic heterocycles. The Morgan fingerprint density at radius 3 is 2.42 bits per heavy atom. The normalized spacial score (nSPS) is 22.7.